The van der Waals surface area contributed by atoms with Gasteiger partial charge in [-0.3, -0.25) is 4.79 Å². The highest BCUT2D eigenvalue weighted by molar-refractivity contribution is 6.29. The Morgan fingerprint density at radius 1 is 1.58 bits per heavy atom. The van der Waals surface area contributed by atoms with Gasteiger partial charge in [-0.2, -0.15) is 5.26 Å². The molecule has 1 unspecified atom stereocenters. The molecule has 4 nitrogen and oxygen atoms in total. The van der Waals surface area contributed by atoms with E-state index in [1.165, 1.54) is 4.90 Å². The van der Waals surface area contributed by atoms with Crippen LogP contribution in [0.3, 0.4) is 0 Å². The molecular formula is C14H18ClN3O. The van der Waals surface area contributed by atoms with E-state index in [0.717, 1.165) is 18.5 Å². The van der Waals surface area contributed by atoms with Crippen LogP contribution in [0.4, 0.5) is 0 Å². The summed E-state index contributed by atoms with van der Waals surface area (Å²) in [5.41, 5.74) is 1.34. The zero-order valence-corrected chi connectivity index (χ0v) is 12.2. The van der Waals surface area contributed by atoms with Gasteiger partial charge >= 0.3 is 0 Å². The fourth-order valence-corrected chi connectivity index (χ4v) is 2.04. The van der Waals surface area contributed by atoms with E-state index in [9.17, 15) is 4.79 Å². The van der Waals surface area contributed by atoms with E-state index in [2.05, 4.69) is 11.1 Å². The number of hydrogen-bond acceptors (Lipinski definition) is 3. The van der Waals surface area contributed by atoms with Crippen molar-refractivity contribution in [1.29, 1.82) is 5.26 Å². The van der Waals surface area contributed by atoms with Crippen LogP contribution in [0.1, 0.15) is 36.3 Å². The Labute approximate surface area is 119 Å². The SMILES string of the molecule is CCCc1cc(C(=O)N(C)CC(C)C#N)cc(Cl)n1. The number of carbonyl (C=O) groups is 1. The fourth-order valence-electron chi connectivity index (χ4n) is 1.81. The van der Waals surface area contributed by atoms with Gasteiger partial charge in [0.15, 0.2) is 0 Å². The Balaban J connectivity index is 2.90. The number of rotatable bonds is 5. The average molecular weight is 280 g/mol. The molecule has 1 aromatic rings. The summed E-state index contributed by atoms with van der Waals surface area (Å²) < 4.78 is 0. The zero-order chi connectivity index (χ0) is 14.4. The van der Waals surface area contributed by atoms with Crippen molar-refractivity contribution in [2.75, 3.05) is 13.6 Å². The van der Waals surface area contributed by atoms with E-state index in [4.69, 9.17) is 16.9 Å². The Hall–Kier alpha value is -1.60. The second-order valence-electron chi connectivity index (χ2n) is 4.64. The average Bonchev–Trinajstić information content (AvgIpc) is 2.37. The topological polar surface area (TPSA) is 57.0 Å². The summed E-state index contributed by atoms with van der Waals surface area (Å²) in [6, 6.07) is 5.45. The molecule has 0 N–H and O–H groups in total. The molecule has 19 heavy (non-hydrogen) atoms. The third-order valence-corrected chi connectivity index (χ3v) is 2.91. The summed E-state index contributed by atoms with van der Waals surface area (Å²) in [6.45, 7) is 4.23. The van der Waals surface area contributed by atoms with E-state index < -0.39 is 0 Å². The number of nitrogens with zero attached hydrogens (tertiary/aromatic N) is 3. The van der Waals surface area contributed by atoms with Gasteiger partial charge in [-0.25, -0.2) is 4.98 Å². The molecule has 1 amide bonds. The van der Waals surface area contributed by atoms with Crippen LogP contribution in [-0.4, -0.2) is 29.4 Å². The number of pyridine rings is 1. The van der Waals surface area contributed by atoms with Crippen molar-refractivity contribution in [2.45, 2.75) is 26.7 Å². The van der Waals surface area contributed by atoms with Crippen LogP contribution in [0, 0.1) is 17.2 Å². The lowest BCUT2D eigenvalue weighted by Gasteiger charge is -2.18. The molecule has 0 aliphatic carbocycles. The van der Waals surface area contributed by atoms with Crippen LogP contribution in [0.2, 0.25) is 5.15 Å². The van der Waals surface area contributed by atoms with Gasteiger partial charge in [-0.15, -0.1) is 0 Å². The molecule has 0 radical (unpaired) electrons. The quantitative estimate of drug-likeness (QED) is 0.779. The summed E-state index contributed by atoms with van der Waals surface area (Å²) in [6.07, 6.45) is 1.74. The maximum absolute atomic E-state index is 12.2. The molecule has 0 spiro atoms. The van der Waals surface area contributed by atoms with Crippen LogP contribution in [0.25, 0.3) is 0 Å². The molecule has 0 bridgehead atoms. The summed E-state index contributed by atoms with van der Waals surface area (Å²) in [7, 11) is 1.68. The fraction of sp³-hybridized carbons (Fsp3) is 0.500. The summed E-state index contributed by atoms with van der Waals surface area (Å²) in [4.78, 5) is 18.0. The molecule has 0 saturated carbocycles. The molecule has 0 aromatic carbocycles. The lowest BCUT2D eigenvalue weighted by atomic mass is 10.1. The van der Waals surface area contributed by atoms with Gasteiger partial charge in [0, 0.05) is 24.8 Å². The van der Waals surface area contributed by atoms with Gasteiger partial charge < -0.3 is 4.90 Å². The Bertz CT molecular complexity index is 496. The summed E-state index contributed by atoms with van der Waals surface area (Å²) >= 11 is 5.93. The Morgan fingerprint density at radius 3 is 2.84 bits per heavy atom. The number of aromatic nitrogens is 1. The molecule has 1 heterocycles. The van der Waals surface area contributed by atoms with Crippen molar-refractivity contribution in [1.82, 2.24) is 9.88 Å². The second-order valence-corrected chi connectivity index (χ2v) is 5.02. The standard InChI is InChI=1S/C14H18ClN3O/c1-4-5-12-6-11(7-13(15)17-12)14(19)18(3)9-10(2)8-16/h6-7,10H,4-5,9H2,1-3H3. The van der Waals surface area contributed by atoms with E-state index in [-0.39, 0.29) is 11.8 Å². The second kappa shape index (κ2) is 7.10. The first-order valence-electron chi connectivity index (χ1n) is 6.29. The summed E-state index contributed by atoms with van der Waals surface area (Å²) in [5, 5.41) is 9.10. The van der Waals surface area contributed by atoms with Crippen LogP contribution >= 0.6 is 11.6 Å². The third-order valence-electron chi connectivity index (χ3n) is 2.72. The predicted molar refractivity (Wildman–Crippen MR) is 75.0 cm³/mol. The molecule has 1 aromatic heterocycles. The lowest BCUT2D eigenvalue weighted by molar-refractivity contribution is 0.0785. The van der Waals surface area contributed by atoms with Crippen molar-refractivity contribution in [3.8, 4) is 6.07 Å². The molecule has 0 aliphatic heterocycles. The monoisotopic (exact) mass is 279 g/mol. The molecule has 102 valence electrons. The molecule has 1 atom stereocenters. The van der Waals surface area contributed by atoms with Gasteiger partial charge in [0.2, 0.25) is 0 Å². The highest BCUT2D eigenvalue weighted by Gasteiger charge is 2.15. The van der Waals surface area contributed by atoms with Crippen LogP contribution in [0.5, 0.6) is 0 Å². The van der Waals surface area contributed by atoms with Crippen LogP contribution < -0.4 is 0 Å². The minimum absolute atomic E-state index is 0.135. The van der Waals surface area contributed by atoms with Crippen molar-refractivity contribution in [3.63, 3.8) is 0 Å². The highest BCUT2D eigenvalue weighted by atomic mass is 35.5. The molecular weight excluding hydrogens is 262 g/mol. The van der Waals surface area contributed by atoms with Gasteiger partial charge in [0.1, 0.15) is 5.15 Å². The van der Waals surface area contributed by atoms with E-state index in [1.807, 2.05) is 6.92 Å². The third kappa shape index (κ3) is 4.53. The Kier molecular flexibility index (Phi) is 5.78. The first-order valence-corrected chi connectivity index (χ1v) is 6.67. The minimum Gasteiger partial charge on any atom is -0.340 e. The molecule has 1 rings (SSSR count). The number of nitriles is 1. The van der Waals surface area contributed by atoms with E-state index in [0.29, 0.717) is 17.3 Å². The largest absolute Gasteiger partial charge is 0.340 e. The first kappa shape index (κ1) is 15.5. The highest BCUT2D eigenvalue weighted by Crippen LogP contribution is 2.14. The Morgan fingerprint density at radius 2 is 2.26 bits per heavy atom. The number of carbonyl (C=O) groups excluding carboxylic acids is 1. The minimum atomic E-state index is -0.193. The van der Waals surface area contributed by atoms with Crippen molar-refractivity contribution in [3.05, 3.63) is 28.5 Å². The maximum atomic E-state index is 12.2. The zero-order valence-electron chi connectivity index (χ0n) is 11.5. The molecule has 0 aliphatic rings. The number of amides is 1. The van der Waals surface area contributed by atoms with E-state index in [1.54, 1.807) is 26.1 Å². The first-order chi connectivity index (χ1) is 8.97. The van der Waals surface area contributed by atoms with Crippen LogP contribution in [0.15, 0.2) is 12.1 Å². The van der Waals surface area contributed by atoms with Crippen LogP contribution in [-0.2, 0) is 6.42 Å². The normalized spacial score (nSPS) is 11.7. The van der Waals surface area contributed by atoms with Crippen molar-refractivity contribution in [2.24, 2.45) is 5.92 Å². The predicted octanol–water partition coefficient (Wildman–Crippen LogP) is 2.92. The van der Waals surface area contributed by atoms with Gasteiger partial charge in [0.05, 0.1) is 12.0 Å². The number of hydrogen-bond donors (Lipinski definition) is 0. The van der Waals surface area contributed by atoms with Gasteiger partial charge in [-0.05, 0) is 25.5 Å². The van der Waals surface area contributed by atoms with Gasteiger partial charge in [-0.1, -0.05) is 24.9 Å². The maximum Gasteiger partial charge on any atom is 0.253 e. The summed E-state index contributed by atoms with van der Waals surface area (Å²) in [5.74, 6) is -0.329. The molecule has 5 heteroatoms. The number of halogens is 1. The van der Waals surface area contributed by atoms with Crippen molar-refractivity contribution >= 4 is 17.5 Å². The van der Waals surface area contributed by atoms with E-state index >= 15 is 0 Å². The molecule has 0 fully saturated rings. The van der Waals surface area contributed by atoms with Gasteiger partial charge in [0.25, 0.3) is 5.91 Å². The lowest BCUT2D eigenvalue weighted by Crippen LogP contribution is -2.30. The van der Waals surface area contributed by atoms with Crippen molar-refractivity contribution < 1.29 is 4.79 Å². The smallest absolute Gasteiger partial charge is 0.253 e. The number of aryl methyl sites for hydroxylation is 1. The molecule has 0 saturated heterocycles.